The second kappa shape index (κ2) is 6.93. The van der Waals surface area contributed by atoms with Crippen LogP contribution in [0.1, 0.15) is 12.1 Å². The van der Waals surface area contributed by atoms with E-state index in [0.29, 0.717) is 23.7 Å². The van der Waals surface area contributed by atoms with Gasteiger partial charge in [0.15, 0.2) is 0 Å². The standard InChI is InChI=1S/C16H14ClN3O2S/c17-12-3-1-2-4-14(12)20-8-7-13(16(20)22)19-15(21)6-5-11-9-23-10-18-11/h1-6,9-10,13H,7-8H2,(H,19,21)/b6-5-/t13-/m0/s1. The molecule has 1 aromatic heterocycles. The molecular weight excluding hydrogens is 334 g/mol. The van der Waals surface area contributed by atoms with Crippen molar-refractivity contribution in [1.29, 1.82) is 0 Å². The first-order valence-electron chi connectivity index (χ1n) is 7.08. The van der Waals surface area contributed by atoms with Crippen LogP contribution in [-0.4, -0.2) is 29.4 Å². The number of carbonyl (C=O) groups excluding carboxylic acids is 2. The lowest BCUT2D eigenvalue weighted by Crippen LogP contribution is -2.40. The van der Waals surface area contributed by atoms with Gasteiger partial charge in [-0.2, -0.15) is 0 Å². The highest BCUT2D eigenvalue weighted by atomic mass is 35.5. The molecule has 118 valence electrons. The van der Waals surface area contributed by atoms with E-state index in [1.54, 1.807) is 28.6 Å². The molecule has 23 heavy (non-hydrogen) atoms. The van der Waals surface area contributed by atoms with Crippen LogP contribution in [-0.2, 0) is 9.59 Å². The van der Waals surface area contributed by atoms with E-state index < -0.39 is 6.04 Å². The van der Waals surface area contributed by atoms with Crippen LogP contribution in [0.2, 0.25) is 5.02 Å². The van der Waals surface area contributed by atoms with Crippen LogP contribution < -0.4 is 10.2 Å². The number of hydrogen-bond acceptors (Lipinski definition) is 4. The smallest absolute Gasteiger partial charge is 0.249 e. The molecule has 1 N–H and O–H groups in total. The van der Waals surface area contributed by atoms with Crippen molar-refractivity contribution in [3.8, 4) is 0 Å². The second-order valence-electron chi connectivity index (χ2n) is 5.04. The number of carbonyl (C=O) groups is 2. The van der Waals surface area contributed by atoms with Crippen LogP contribution in [0.4, 0.5) is 5.69 Å². The second-order valence-corrected chi connectivity index (χ2v) is 6.16. The third-order valence-corrected chi connectivity index (χ3v) is 4.45. The zero-order valence-corrected chi connectivity index (χ0v) is 13.7. The third kappa shape index (κ3) is 3.60. The minimum atomic E-state index is -0.529. The average molecular weight is 348 g/mol. The molecule has 0 bridgehead atoms. The van der Waals surface area contributed by atoms with Gasteiger partial charge in [-0.1, -0.05) is 23.7 Å². The lowest BCUT2D eigenvalue weighted by Gasteiger charge is -2.18. The first kappa shape index (κ1) is 15.7. The van der Waals surface area contributed by atoms with Gasteiger partial charge in [-0.05, 0) is 24.6 Å². The number of anilines is 1. The van der Waals surface area contributed by atoms with Crippen molar-refractivity contribution in [3.05, 3.63) is 51.9 Å². The van der Waals surface area contributed by atoms with Crippen molar-refractivity contribution in [2.45, 2.75) is 12.5 Å². The monoisotopic (exact) mass is 347 g/mol. The number of nitrogens with zero attached hydrogens (tertiary/aromatic N) is 2. The van der Waals surface area contributed by atoms with Crippen molar-refractivity contribution in [3.63, 3.8) is 0 Å². The molecule has 1 saturated heterocycles. The average Bonchev–Trinajstić information content (AvgIpc) is 3.17. The third-order valence-electron chi connectivity index (χ3n) is 3.52. The summed E-state index contributed by atoms with van der Waals surface area (Å²) < 4.78 is 0. The quantitative estimate of drug-likeness (QED) is 0.865. The predicted molar refractivity (Wildman–Crippen MR) is 91.5 cm³/mol. The molecule has 1 fully saturated rings. The number of para-hydroxylation sites is 1. The highest BCUT2D eigenvalue weighted by Gasteiger charge is 2.33. The fraction of sp³-hybridized carbons (Fsp3) is 0.188. The maximum atomic E-state index is 12.4. The van der Waals surface area contributed by atoms with E-state index in [1.807, 2.05) is 17.5 Å². The summed E-state index contributed by atoms with van der Waals surface area (Å²) in [5.41, 5.74) is 3.09. The van der Waals surface area contributed by atoms with E-state index in [9.17, 15) is 9.59 Å². The van der Waals surface area contributed by atoms with Crippen molar-refractivity contribution in [2.75, 3.05) is 11.4 Å². The predicted octanol–water partition coefficient (Wildman–Crippen LogP) is 2.73. The van der Waals surface area contributed by atoms with E-state index in [2.05, 4.69) is 10.3 Å². The Labute approximate surface area is 142 Å². The van der Waals surface area contributed by atoms with E-state index in [-0.39, 0.29) is 11.8 Å². The molecule has 1 aliphatic heterocycles. The van der Waals surface area contributed by atoms with Gasteiger partial charge in [0, 0.05) is 18.0 Å². The first-order valence-corrected chi connectivity index (χ1v) is 8.40. The summed E-state index contributed by atoms with van der Waals surface area (Å²) in [6.07, 6.45) is 3.57. The van der Waals surface area contributed by atoms with Gasteiger partial charge in [0.25, 0.3) is 0 Å². The van der Waals surface area contributed by atoms with Crippen molar-refractivity contribution >= 4 is 46.5 Å². The SMILES string of the molecule is O=C(/C=C\c1cscn1)N[C@H]1CCN(c2ccccc2Cl)C1=O. The summed E-state index contributed by atoms with van der Waals surface area (Å²) in [5.74, 6) is -0.453. The Balaban J connectivity index is 1.63. The molecule has 2 heterocycles. The van der Waals surface area contributed by atoms with Crippen molar-refractivity contribution in [2.24, 2.45) is 0 Å². The van der Waals surface area contributed by atoms with Crippen LogP contribution in [0.15, 0.2) is 41.2 Å². The Morgan fingerprint density at radius 1 is 1.43 bits per heavy atom. The Morgan fingerprint density at radius 2 is 2.26 bits per heavy atom. The van der Waals surface area contributed by atoms with Crippen LogP contribution in [0.5, 0.6) is 0 Å². The number of hydrogen-bond donors (Lipinski definition) is 1. The highest BCUT2D eigenvalue weighted by Crippen LogP contribution is 2.28. The Kier molecular flexibility index (Phi) is 4.73. The number of rotatable bonds is 4. The molecule has 1 aliphatic rings. The molecule has 1 atom stereocenters. The topological polar surface area (TPSA) is 62.3 Å². The number of aromatic nitrogens is 1. The van der Waals surface area contributed by atoms with Crippen molar-refractivity contribution in [1.82, 2.24) is 10.3 Å². The van der Waals surface area contributed by atoms with Crippen LogP contribution >= 0.6 is 22.9 Å². The van der Waals surface area contributed by atoms with Gasteiger partial charge in [0.05, 0.1) is 21.9 Å². The van der Waals surface area contributed by atoms with Gasteiger partial charge >= 0.3 is 0 Å². The summed E-state index contributed by atoms with van der Waals surface area (Å²) in [6, 6.07) is 6.66. The Hall–Kier alpha value is -2.18. The molecular formula is C16H14ClN3O2S. The van der Waals surface area contributed by atoms with Crippen molar-refractivity contribution < 1.29 is 9.59 Å². The number of nitrogens with one attached hydrogen (secondary N) is 1. The molecule has 0 spiro atoms. The normalized spacial score (nSPS) is 17.9. The maximum Gasteiger partial charge on any atom is 0.249 e. The summed E-state index contributed by atoms with van der Waals surface area (Å²) in [6.45, 7) is 0.531. The van der Waals surface area contributed by atoms with Gasteiger partial charge in [-0.3, -0.25) is 9.59 Å². The zero-order chi connectivity index (χ0) is 16.2. The summed E-state index contributed by atoms with van der Waals surface area (Å²) in [5, 5.41) is 5.09. The molecule has 1 aromatic carbocycles. The fourth-order valence-electron chi connectivity index (χ4n) is 2.41. The number of benzene rings is 1. The number of amides is 2. The van der Waals surface area contributed by atoms with Crippen LogP contribution in [0.25, 0.3) is 6.08 Å². The first-order chi connectivity index (χ1) is 11.1. The maximum absolute atomic E-state index is 12.4. The van der Waals surface area contributed by atoms with Gasteiger partial charge in [-0.15, -0.1) is 11.3 Å². The molecule has 3 rings (SSSR count). The highest BCUT2D eigenvalue weighted by molar-refractivity contribution is 7.07. The van der Waals surface area contributed by atoms with Crippen LogP contribution in [0, 0.1) is 0 Å². The molecule has 7 heteroatoms. The van der Waals surface area contributed by atoms with Gasteiger partial charge in [0.1, 0.15) is 6.04 Å². The minimum absolute atomic E-state index is 0.145. The molecule has 2 aromatic rings. The number of thiazole rings is 1. The van der Waals surface area contributed by atoms with E-state index >= 15 is 0 Å². The summed E-state index contributed by atoms with van der Waals surface area (Å²) >= 11 is 7.59. The zero-order valence-electron chi connectivity index (χ0n) is 12.1. The molecule has 5 nitrogen and oxygen atoms in total. The molecule has 0 radical (unpaired) electrons. The number of halogens is 1. The fourth-order valence-corrected chi connectivity index (χ4v) is 3.17. The summed E-state index contributed by atoms with van der Waals surface area (Å²) in [7, 11) is 0. The molecule has 0 unspecified atom stereocenters. The largest absolute Gasteiger partial charge is 0.341 e. The minimum Gasteiger partial charge on any atom is -0.341 e. The molecule has 0 aliphatic carbocycles. The van der Waals surface area contributed by atoms with Crippen LogP contribution in [0.3, 0.4) is 0 Å². The van der Waals surface area contributed by atoms with Gasteiger partial charge < -0.3 is 10.2 Å². The molecule has 2 amide bonds. The lowest BCUT2D eigenvalue weighted by atomic mass is 10.2. The van der Waals surface area contributed by atoms with E-state index in [1.165, 1.54) is 17.4 Å². The molecule has 0 saturated carbocycles. The Bertz CT molecular complexity index is 746. The van der Waals surface area contributed by atoms with Gasteiger partial charge in [-0.25, -0.2) is 4.98 Å². The lowest BCUT2D eigenvalue weighted by molar-refractivity contribution is -0.123. The summed E-state index contributed by atoms with van der Waals surface area (Å²) in [4.78, 5) is 30.0. The van der Waals surface area contributed by atoms with E-state index in [0.717, 1.165) is 5.69 Å². The van der Waals surface area contributed by atoms with E-state index in [4.69, 9.17) is 11.6 Å². The Morgan fingerprint density at radius 3 is 3.00 bits per heavy atom. The van der Waals surface area contributed by atoms with Gasteiger partial charge in [0.2, 0.25) is 11.8 Å².